The number of nitrogens with one attached hydrogen (secondary N) is 1. The minimum absolute atomic E-state index is 0.0240. The van der Waals surface area contributed by atoms with Gasteiger partial charge >= 0.3 is 0 Å². The van der Waals surface area contributed by atoms with Gasteiger partial charge in [0.1, 0.15) is 11.6 Å². The summed E-state index contributed by atoms with van der Waals surface area (Å²) in [6, 6.07) is 1.82. The predicted molar refractivity (Wildman–Crippen MR) is 88.9 cm³/mol. The van der Waals surface area contributed by atoms with Crippen LogP contribution in [0.2, 0.25) is 0 Å². The van der Waals surface area contributed by atoms with Gasteiger partial charge in [-0.05, 0) is 33.6 Å². The van der Waals surface area contributed by atoms with Crippen molar-refractivity contribution in [2.24, 2.45) is 0 Å². The molecule has 0 spiro atoms. The fourth-order valence-corrected chi connectivity index (χ4v) is 3.35. The summed E-state index contributed by atoms with van der Waals surface area (Å²) in [7, 11) is 0. The molecule has 3 rings (SSSR count). The van der Waals surface area contributed by atoms with E-state index in [4.69, 9.17) is 4.52 Å². The molecule has 1 unspecified atom stereocenters. The first-order chi connectivity index (χ1) is 11.5. The Morgan fingerprint density at radius 3 is 2.79 bits per heavy atom. The average Bonchev–Trinajstić information content (AvgIpc) is 3.20. The number of amides is 1. The van der Waals surface area contributed by atoms with E-state index in [1.54, 1.807) is 6.07 Å². The van der Waals surface area contributed by atoms with Crippen molar-refractivity contribution in [1.82, 2.24) is 25.2 Å². The maximum atomic E-state index is 12.3. The molecule has 0 bridgehead atoms. The lowest BCUT2D eigenvalue weighted by molar-refractivity contribution is 0.0910. The Labute approximate surface area is 141 Å². The zero-order chi connectivity index (χ0) is 17.1. The minimum atomic E-state index is -0.231. The summed E-state index contributed by atoms with van der Waals surface area (Å²) in [6.45, 7) is 6.22. The first-order valence-electron chi connectivity index (χ1n) is 8.69. The number of aromatic nitrogens is 4. The van der Waals surface area contributed by atoms with Crippen LogP contribution in [0.15, 0.2) is 10.6 Å². The van der Waals surface area contributed by atoms with E-state index in [2.05, 4.69) is 20.6 Å². The molecule has 1 aliphatic rings. The molecule has 2 aromatic rings. The number of aryl methyl sites for hydroxylation is 2. The zero-order valence-corrected chi connectivity index (χ0v) is 14.6. The molecule has 1 atom stereocenters. The first kappa shape index (κ1) is 16.7. The van der Waals surface area contributed by atoms with Crippen LogP contribution in [0.3, 0.4) is 0 Å². The molecule has 130 valence electrons. The van der Waals surface area contributed by atoms with Crippen LogP contribution in [0.1, 0.15) is 78.9 Å². The van der Waals surface area contributed by atoms with Gasteiger partial charge in [0.15, 0.2) is 0 Å². The summed E-state index contributed by atoms with van der Waals surface area (Å²) >= 11 is 0. The van der Waals surface area contributed by atoms with Gasteiger partial charge in [0.2, 0.25) is 5.76 Å². The summed E-state index contributed by atoms with van der Waals surface area (Å²) in [5.74, 6) is 2.07. The van der Waals surface area contributed by atoms with Gasteiger partial charge in [-0.2, -0.15) is 5.10 Å². The van der Waals surface area contributed by atoms with E-state index >= 15 is 0 Å². The topological polar surface area (TPSA) is 85.8 Å². The van der Waals surface area contributed by atoms with Crippen LogP contribution in [0.4, 0.5) is 0 Å². The molecule has 2 heterocycles. The van der Waals surface area contributed by atoms with E-state index in [1.165, 1.54) is 19.3 Å². The molecule has 7 nitrogen and oxygen atoms in total. The Hall–Kier alpha value is -2.18. The number of hydrogen-bond donors (Lipinski definition) is 1. The molecular weight excluding hydrogens is 306 g/mol. The molecule has 1 aliphatic carbocycles. The van der Waals surface area contributed by atoms with Gasteiger partial charge < -0.3 is 9.84 Å². The van der Waals surface area contributed by atoms with Crippen LogP contribution < -0.4 is 5.32 Å². The van der Waals surface area contributed by atoms with Crippen molar-refractivity contribution in [2.75, 3.05) is 6.54 Å². The van der Waals surface area contributed by atoms with E-state index in [0.717, 1.165) is 30.2 Å². The first-order valence-corrected chi connectivity index (χ1v) is 8.69. The van der Waals surface area contributed by atoms with E-state index in [1.807, 2.05) is 25.5 Å². The van der Waals surface area contributed by atoms with E-state index in [-0.39, 0.29) is 17.7 Å². The largest absolute Gasteiger partial charge is 0.351 e. The molecule has 1 N–H and O–H groups in total. The lowest BCUT2D eigenvalue weighted by atomic mass is 9.87. The van der Waals surface area contributed by atoms with Gasteiger partial charge in [-0.25, -0.2) is 9.67 Å². The number of carbonyl (C=O) groups excluding carboxylic acids is 1. The van der Waals surface area contributed by atoms with E-state index in [0.29, 0.717) is 12.5 Å². The Bertz CT molecular complexity index is 700. The van der Waals surface area contributed by atoms with Crippen LogP contribution in [0.5, 0.6) is 0 Å². The van der Waals surface area contributed by atoms with Crippen molar-refractivity contribution >= 4 is 5.91 Å². The third kappa shape index (κ3) is 3.66. The van der Waals surface area contributed by atoms with Crippen molar-refractivity contribution < 1.29 is 9.32 Å². The van der Waals surface area contributed by atoms with Crippen LogP contribution in [0, 0.1) is 13.8 Å². The lowest BCUT2D eigenvalue weighted by Gasteiger charge is -2.18. The molecule has 0 saturated heterocycles. The van der Waals surface area contributed by atoms with Gasteiger partial charge in [-0.1, -0.05) is 24.4 Å². The number of rotatable bonds is 5. The Kier molecular flexibility index (Phi) is 4.97. The highest BCUT2D eigenvalue weighted by Crippen LogP contribution is 2.32. The molecule has 1 fully saturated rings. The second kappa shape index (κ2) is 7.15. The van der Waals surface area contributed by atoms with Gasteiger partial charge in [0.05, 0.1) is 11.7 Å². The standard InChI is InChI=1S/C17H25N5O2/c1-11(22-13(3)19-12(2)20-22)10-18-17(23)16-9-15(21-24-16)14-7-5-4-6-8-14/h9,11,14H,4-8,10H2,1-3H3,(H,18,23). The summed E-state index contributed by atoms with van der Waals surface area (Å²) in [5.41, 5.74) is 0.913. The molecule has 0 aliphatic heterocycles. The molecule has 0 aromatic carbocycles. The zero-order valence-electron chi connectivity index (χ0n) is 14.6. The molecular formula is C17H25N5O2. The fourth-order valence-electron chi connectivity index (χ4n) is 3.35. The van der Waals surface area contributed by atoms with Crippen molar-refractivity contribution in [3.05, 3.63) is 29.2 Å². The summed E-state index contributed by atoms with van der Waals surface area (Å²) in [6.07, 6.45) is 6.02. The van der Waals surface area contributed by atoms with Crippen molar-refractivity contribution in [2.45, 2.75) is 64.8 Å². The number of nitrogens with zero attached hydrogens (tertiary/aromatic N) is 4. The maximum Gasteiger partial charge on any atom is 0.289 e. The normalized spacial score (nSPS) is 17.0. The van der Waals surface area contributed by atoms with E-state index in [9.17, 15) is 4.79 Å². The number of hydrogen-bond acceptors (Lipinski definition) is 5. The fraction of sp³-hybridized carbons (Fsp3) is 0.647. The van der Waals surface area contributed by atoms with Crippen molar-refractivity contribution in [3.8, 4) is 0 Å². The van der Waals surface area contributed by atoms with Crippen LogP contribution in [-0.4, -0.2) is 32.4 Å². The van der Waals surface area contributed by atoms with Crippen molar-refractivity contribution in [3.63, 3.8) is 0 Å². The van der Waals surface area contributed by atoms with Gasteiger partial charge in [0, 0.05) is 18.5 Å². The quantitative estimate of drug-likeness (QED) is 0.910. The van der Waals surface area contributed by atoms with E-state index < -0.39 is 0 Å². The Balaban J connectivity index is 1.57. The molecule has 24 heavy (non-hydrogen) atoms. The second-order valence-corrected chi connectivity index (χ2v) is 6.66. The van der Waals surface area contributed by atoms with Gasteiger partial charge in [-0.15, -0.1) is 0 Å². The lowest BCUT2D eigenvalue weighted by Crippen LogP contribution is -2.30. The Morgan fingerprint density at radius 2 is 2.12 bits per heavy atom. The molecule has 0 radical (unpaired) electrons. The number of carbonyl (C=O) groups is 1. The Morgan fingerprint density at radius 1 is 1.38 bits per heavy atom. The van der Waals surface area contributed by atoms with Gasteiger partial charge in [-0.3, -0.25) is 4.79 Å². The van der Waals surface area contributed by atoms with Crippen LogP contribution >= 0.6 is 0 Å². The summed E-state index contributed by atoms with van der Waals surface area (Å²) < 4.78 is 7.07. The monoisotopic (exact) mass is 331 g/mol. The summed E-state index contributed by atoms with van der Waals surface area (Å²) in [4.78, 5) is 16.6. The minimum Gasteiger partial charge on any atom is -0.351 e. The van der Waals surface area contributed by atoms with Crippen LogP contribution in [0.25, 0.3) is 0 Å². The second-order valence-electron chi connectivity index (χ2n) is 6.66. The molecule has 1 saturated carbocycles. The third-order valence-corrected chi connectivity index (χ3v) is 4.66. The SMILES string of the molecule is Cc1nc(C)n(C(C)CNC(=O)c2cc(C3CCCCC3)no2)n1. The molecule has 1 amide bonds. The predicted octanol–water partition coefficient (Wildman–Crippen LogP) is 2.92. The highest BCUT2D eigenvalue weighted by atomic mass is 16.5. The van der Waals surface area contributed by atoms with Crippen LogP contribution in [-0.2, 0) is 0 Å². The van der Waals surface area contributed by atoms with Crippen molar-refractivity contribution in [1.29, 1.82) is 0 Å². The maximum absolute atomic E-state index is 12.3. The average molecular weight is 331 g/mol. The summed E-state index contributed by atoms with van der Waals surface area (Å²) in [5, 5.41) is 11.3. The highest BCUT2D eigenvalue weighted by molar-refractivity contribution is 5.91. The molecule has 2 aromatic heterocycles. The smallest absolute Gasteiger partial charge is 0.289 e. The third-order valence-electron chi connectivity index (χ3n) is 4.66. The highest BCUT2D eigenvalue weighted by Gasteiger charge is 2.22. The van der Waals surface area contributed by atoms with Gasteiger partial charge in [0.25, 0.3) is 5.91 Å². The molecule has 7 heteroatoms.